The molecule has 38 heavy (non-hydrogen) atoms. The molecular weight excluding hydrogens is 512 g/mol. The third-order valence-electron chi connectivity index (χ3n) is 6.33. The number of nitrogens with zero attached hydrogens (tertiary/aromatic N) is 3. The van der Waals surface area contributed by atoms with Crippen molar-refractivity contribution in [3.05, 3.63) is 68.7 Å². The van der Waals surface area contributed by atoms with Crippen molar-refractivity contribution in [1.29, 1.82) is 0 Å². The summed E-state index contributed by atoms with van der Waals surface area (Å²) in [5.41, 5.74) is 0.680. The van der Waals surface area contributed by atoms with Crippen molar-refractivity contribution in [2.75, 3.05) is 26.9 Å². The average Bonchev–Trinajstić information content (AvgIpc) is 3.58. The normalized spacial score (nSPS) is 15.2. The summed E-state index contributed by atoms with van der Waals surface area (Å²) in [5, 5.41) is 18.4. The van der Waals surface area contributed by atoms with Crippen LogP contribution < -0.4 is 21.3 Å². The lowest BCUT2D eigenvalue weighted by Crippen LogP contribution is -2.49. The smallest absolute Gasteiger partial charge is 0.332 e. The molecule has 1 aliphatic heterocycles. The molecule has 0 bridgehead atoms. The van der Waals surface area contributed by atoms with Gasteiger partial charge in [0.25, 0.3) is 5.56 Å². The summed E-state index contributed by atoms with van der Waals surface area (Å²) >= 11 is 1.30. The van der Waals surface area contributed by atoms with E-state index in [-0.39, 0.29) is 19.1 Å². The number of carbonyl (C=O) groups is 1. The van der Waals surface area contributed by atoms with Crippen LogP contribution in [0.15, 0.2) is 50.7 Å². The van der Waals surface area contributed by atoms with E-state index in [0.29, 0.717) is 58.9 Å². The number of methoxy groups -OCH3 is 1. The second-order valence-corrected chi connectivity index (χ2v) is 9.64. The first-order valence-corrected chi connectivity index (χ1v) is 13.0. The van der Waals surface area contributed by atoms with Crippen LogP contribution in [0.2, 0.25) is 0 Å². The third kappa shape index (κ3) is 5.28. The Balaban J connectivity index is 0.000000786. The highest BCUT2D eigenvalue weighted by molar-refractivity contribution is 7.22. The zero-order valence-corrected chi connectivity index (χ0v) is 22.0. The molecule has 0 radical (unpaired) electrons. The molecule has 0 saturated carbocycles. The van der Waals surface area contributed by atoms with Crippen LogP contribution in [0.3, 0.4) is 0 Å². The fourth-order valence-corrected chi connectivity index (χ4v) is 5.78. The Bertz CT molecular complexity index is 1520. The first kappa shape index (κ1) is 27.3. The first-order chi connectivity index (χ1) is 18.4. The minimum Gasteiger partial charge on any atom is -0.496 e. The van der Waals surface area contributed by atoms with Gasteiger partial charge in [-0.05, 0) is 43.4 Å². The molecule has 0 spiro atoms. The number of fused-ring (bicyclic) bond motifs is 1. The molecule has 11 nitrogen and oxygen atoms in total. The number of oxazole rings is 1. The van der Waals surface area contributed by atoms with Gasteiger partial charge >= 0.3 is 5.69 Å². The highest BCUT2D eigenvalue weighted by atomic mass is 32.1. The lowest BCUT2D eigenvalue weighted by atomic mass is 10.1. The van der Waals surface area contributed by atoms with Crippen molar-refractivity contribution in [3.8, 4) is 16.5 Å². The van der Waals surface area contributed by atoms with Gasteiger partial charge in [-0.3, -0.25) is 14.2 Å². The number of rotatable bonds is 7. The predicted molar refractivity (Wildman–Crippen MR) is 143 cm³/mol. The number of hydrogen-bond donors (Lipinski definition) is 3. The number of hydrogen-bond acceptors (Lipinski definition) is 9. The number of ether oxygens (including phenoxy) is 1. The van der Waals surface area contributed by atoms with Crippen LogP contribution in [-0.4, -0.2) is 57.1 Å². The molecule has 202 valence electrons. The van der Waals surface area contributed by atoms with Crippen LogP contribution in [0.4, 0.5) is 0 Å². The molecule has 3 N–H and O–H groups in total. The monoisotopic (exact) mass is 542 g/mol. The molecule has 0 aliphatic carbocycles. The number of amides is 1. The Morgan fingerprint density at radius 2 is 1.97 bits per heavy atom. The molecule has 1 aromatic carbocycles. The number of para-hydroxylation sites is 1. The Morgan fingerprint density at radius 3 is 2.63 bits per heavy atom. The van der Waals surface area contributed by atoms with E-state index in [1.165, 1.54) is 17.6 Å². The number of piperidine rings is 1. The summed E-state index contributed by atoms with van der Waals surface area (Å²) in [6, 6.07) is 6.79. The van der Waals surface area contributed by atoms with Gasteiger partial charge in [0.1, 0.15) is 22.9 Å². The van der Waals surface area contributed by atoms with E-state index >= 15 is 0 Å². The highest BCUT2D eigenvalue weighted by Crippen LogP contribution is 2.36. The maximum absolute atomic E-state index is 13.7. The number of nitrogens with one attached hydrogen (secondary N) is 1. The van der Waals surface area contributed by atoms with E-state index in [9.17, 15) is 14.4 Å². The van der Waals surface area contributed by atoms with Gasteiger partial charge in [0.2, 0.25) is 11.8 Å². The van der Waals surface area contributed by atoms with Crippen LogP contribution in [0.25, 0.3) is 21.0 Å². The van der Waals surface area contributed by atoms with Crippen LogP contribution in [-0.2, 0) is 17.8 Å². The first-order valence-electron chi connectivity index (χ1n) is 12.2. The minimum absolute atomic E-state index is 0.125. The van der Waals surface area contributed by atoms with Crippen LogP contribution in [0, 0.1) is 6.92 Å². The summed E-state index contributed by atoms with van der Waals surface area (Å²) < 4.78 is 13.7. The van der Waals surface area contributed by atoms with Gasteiger partial charge in [0, 0.05) is 13.1 Å². The Morgan fingerprint density at radius 1 is 1.21 bits per heavy atom. The van der Waals surface area contributed by atoms with E-state index in [2.05, 4.69) is 10.3 Å². The molecule has 1 atom stereocenters. The fourth-order valence-electron chi connectivity index (χ4n) is 4.52. The van der Waals surface area contributed by atoms with Crippen molar-refractivity contribution >= 4 is 27.5 Å². The van der Waals surface area contributed by atoms with Crippen molar-refractivity contribution in [1.82, 2.24) is 19.4 Å². The summed E-state index contributed by atoms with van der Waals surface area (Å²) in [6.07, 6.45) is 4.66. The van der Waals surface area contributed by atoms with E-state index in [0.717, 1.165) is 15.9 Å². The van der Waals surface area contributed by atoms with Gasteiger partial charge in [-0.1, -0.05) is 18.2 Å². The third-order valence-corrected chi connectivity index (χ3v) is 7.64. The Labute approximate surface area is 221 Å². The summed E-state index contributed by atoms with van der Waals surface area (Å²) in [5.74, 6) is 0.820. The SMILES string of the molecule is COc1ccccc1CCn1c(=O)n(C2CCCNC2=O)c(=O)c2c(C)c(-c3ncco3)sc21.OCCO. The number of thiophene rings is 1. The van der Waals surface area contributed by atoms with E-state index in [1.54, 1.807) is 17.9 Å². The molecule has 4 heterocycles. The molecule has 1 aliphatic rings. The number of aliphatic hydroxyl groups excluding tert-OH is 2. The number of aromatic nitrogens is 3. The van der Waals surface area contributed by atoms with Crippen LogP contribution in [0.1, 0.15) is 30.0 Å². The number of benzene rings is 1. The van der Waals surface area contributed by atoms with E-state index in [4.69, 9.17) is 19.4 Å². The number of aryl methyl sites for hydroxylation is 3. The van der Waals surface area contributed by atoms with Gasteiger partial charge < -0.3 is 24.7 Å². The fraction of sp³-hybridized carbons (Fsp3) is 0.385. The molecular formula is C26H30N4O7S. The maximum Gasteiger partial charge on any atom is 0.332 e. The topological polar surface area (TPSA) is 149 Å². The minimum atomic E-state index is -0.833. The van der Waals surface area contributed by atoms with Crippen LogP contribution >= 0.6 is 11.3 Å². The molecule has 3 aromatic heterocycles. The predicted octanol–water partition coefficient (Wildman–Crippen LogP) is 1.86. The van der Waals surface area contributed by atoms with Gasteiger partial charge in [0.15, 0.2) is 0 Å². The van der Waals surface area contributed by atoms with E-state index < -0.39 is 17.3 Å². The molecule has 1 fully saturated rings. The van der Waals surface area contributed by atoms with Gasteiger partial charge in [-0.2, -0.15) is 0 Å². The van der Waals surface area contributed by atoms with Crippen molar-refractivity contribution in [2.45, 2.75) is 38.8 Å². The average molecular weight is 543 g/mol. The Hall–Kier alpha value is -3.74. The lowest BCUT2D eigenvalue weighted by molar-refractivity contribution is -0.126. The van der Waals surface area contributed by atoms with Gasteiger partial charge in [-0.15, -0.1) is 11.3 Å². The van der Waals surface area contributed by atoms with Crippen LogP contribution in [0.5, 0.6) is 5.75 Å². The Kier molecular flexibility index (Phi) is 8.77. The van der Waals surface area contributed by atoms with Gasteiger partial charge in [0.05, 0.1) is 36.8 Å². The molecule has 1 unspecified atom stereocenters. The summed E-state index contributed by atoms with van der Waals surface area (Å²) in [6.45, 7) is 2.43. The maximum atomic E-state index is 13.7. The highest BCUT2D eigenvalue weighted by Gasteiger charge is 2.30. The van der Waals surface area contributed by atoms with E-state index in [1.807, 2.05) is 31.2 Å². The van der Waals surface area contributed by atoms with Crippen molar-refractivity contribution in [3.63, 3.8) is 0 Å². The molecule has 12 heteroatoms. The lowest BCUT2D eigenvalue weighted by Gasteiger charge is -2.24. The van der Waals surface area contributed by atoms with Gasteiger partial charge in [-0.25, -0.2) is 14.3 Å². The number of carbonyl (C=O) groups excluding carboxylic acids is 1. The summed E-state index contributed by atoms with van der Waals surface area (Å²) in [7, 11) is 1.61. The molecule has 4 aromatic rings. The molecule has 5 rings (SSSR count). The van der Waals surface area contributed by atoms with Crippen molar-refractivity contribution < 1.29 is 24.2 Å². The van der Waals surface area contributed by atoms with Crippen molar-refractivity contribution in [2.24, 2.45) is 0 Å². The zero-order chi connectivity index (χ0) is 27.2. The molecule has 1 amide bonds. The summed E-state index contributed by atoms with van der Waals surface area (Å²) in [4.78, 5) is 45.4. The molecule has 1 saturated heterocycles. The largest absolute Gasteiger partial charge is 0.496 e. The zero-order valence-electron chi connectivity index (χ0n) is 21.2. The quantitative estimate of drug-likeness (QED) is 0.320. The standard InChI is InChI=1S/C24H24N4O5S.C2H6O2/c1-14-18-22(30)28(16-7-5-10-25-20(16)29)24(31)27(12-9-15-6-3-4-8-17(15)32-2)23(18)34-19(14)21-26-11-13-33-21;3-1-2-4/h3-4,6,8,11,13,16H,5,7,9-10,12H2,1-2H3,(H,25,29);3-4H,1-2H2. The second kappa shape index (κ2) is 12.2. The second-order valence-electron chi connectivity index (χ2n) is 8.64. The number of aliphatic hydroxyl groups is 2.